The Balaban J connectivity index is 2.02. The molecular formula is C14H13BrF3NOS. The lowest BCUT2D eigenvalue weighted by molar-refractivity contribution is -0.153. The van der Waals surface area contributed by atoms with E-state index in [1.54, 1.807) is 29.5 Å². The molecule has 114 valence electrons. The van der Waals surface area contributed by atoms with Crippen LogP contribution in [0.4, 0.5) is 18.9 Å². The number of benzene rings is 1. The van der Waals surface area contributed by atoms with Gasteiger partial charge < -0.3 is 10.1 Å². The second-order valence-electron chi connectivity index (χ2n) is 4.37. The molecular weight excluding hydrogens is 367 g/mol. The minimum Gasteiger partial charge on any atom is -0.482 e. The van der Waals surface area contributed by atoms with Crippen molar-refractivity contribution in [2.45, 2.75) is 19.6 Å². The summed E-state index contributed by atoms with van der Waals surface area (Å²) in [6, 6.07) is 8.60. The molecule has 0 spiro atoms. The summed E-state index contributed by atoms with van der Waals surface area (Å²) in [7, 11) is 0. The Hall–Kier alpha value is -1.21. The molecule has 0 saturated heterocycles. The van der Waals surface area contributed by atoms with E-state index >= 15 is 0 Å². The van der Waals surface area contributed by atoms with E-state index in [2.05, 4.69) is 21.2 Å². The third kappa shape index (κ3) is 4.93. The molecule has 1 heterocycles. The van der Waals surface area contributed by atoms with Gasteiger partial charge in [-0.05, 0) is 41.1 Å². The van der Waals surface area contributed by atoms with Crippen LogP contribution in [0.5, 0.6) is 5.75 Å². The van der Waals surface area contributed by atoms with E-state index in [9.17, 15) is 13.2 Å². The van der Waals surface area contributed by atoms with Crippen molar-refractivity contribution in [2.75, 3.05) is 11.9 Å². The first-order valence-electron chi connectivity index (χ1n) is 6.12. The molecule has 2 rings (SSSR count). The molecule has 0 aliphatic carbocycles. The lowest BCUT2D eigenvalue weighted by Crippen LogP contribution is -2.19. The van der Waals surface area contributed by atoms with Gasteiger partial charge in [0.05, 0.1) is 5.69 Å². The van der Waals surface area contributed by atoms with E-state index in [0.717, 1.165) is 14.2 Å². The van der Waals surface area contributed by atoms with Crippen LogP contribution in [0.2, 0.25) is 0 Å². The van der Waals surface area contributed by atoms with Gasteiger partial charge in [-0.25, -0.2) is 0 Å². The molecule has 0 amide bonds. The predicted molar refractivity (Wildman–Crippen MR) is 82.1 cm³/mol. The number of rotatable bonds is 5. The Kier molecular flexibility index (Phi) is 5.16. The van der Waals surface area contributed by atoms with Crippen LogP contribution in [0.15, 0.2) is 34.8 Å². The minimum atomic E-state index is -4.34. The molecule has 1 aromatic carbocycles. The summed E-state index contributed by atoms with van der Waals surface area (Å²) in [6.07, 6.45) is -4.34. The number of para-hydroxylation sites is 2. The highest BCUT2D eigenvalue weighted by Crippen LogP contribution is 2.29. The topological polar surface area (TPSA) is 21.3 Å². The molecule has 7 heteroatoms. The van der Waals surface area contributed by atoms with Crippen LogP contribution in [0, 0.1) is 6.92 Å². The van der Waals surface area contributed by atoms with Gasteiger partial charge >= 0.3 is 6.18 Å². The van der Waals surface area contributed by atoms with Crippen molar-refractivity contribution in [3.05, 3.63) is 44.6 Å². The molecule has 0 atom stereocenters. The van der Waals surface area contributed by atoms with Crippen LogP contribution in [0.3, 0.4) is 0 Å². The molecule has 2 aromatic rings. The fourth-order valence-corrected chi connectivity index (χ4v) is 3.23. The van der Waals surface area contributed by atoms with Crippen LogP contribution >= 0.6 is 27.3 Å². The maximum atomic E-state index is 12.2. The Morgan fingerprint density at radius 1 is 1.29 bits per heavy atom. The van der Waals surface area contributed by atoms with Gasteiger partial charge in [-0.1, -0.05) is 12.1 Å². The monoisotopic (exact) mass is 379 g/mol. The Morgan fingerprint density at radius 3 is 2.62 bits per heavy atom. The second-order valence-corrected chi connectivity index (χ2v) is 6.57. The normalized spacial score (nSPS) is 11.5. The number of thiophene rings is 1. The fourth-order valence-electron chi connectivity index (χ4n) is 1.69. The zero-order chi connectivity index (χ0) is 15.5. The van der Waals surface area contributed by atoms with E-state index in [1.807, 2.05) is 13.0 Å². The molecule has 1 N–H and O–H groups in total. The third-order valence-corrected chi connectivity index (χ3v) is 4.78. The van der Waals surface area contributed by atoms with Crippen molar-refractivity contribution in [1.29, 1.82) is 0 Å². The van der Waals surface area contributed by atoms with Gasteiger partial charge in [0.25, 0.3) is 0 Å². The number of alkyl halides is 3. The van der Waals surface area contributed by atoms with E-state index in [1.165, 1.54) is 6.07 Å². The van der Waals surface area contributed by atoms with Crippen molar-refractivity contribution in [1.82, 2.24) is 0 Å². The number of aryl methyl sites for hydroxylation is 1. The molecule has 0 aliphatic rings. The molecule has 0 unspecified atom stereocenters. The van der Waals surface area contributed by atoms with Crippen LogP contribution in [0.1, 0.15) is 9.75 Å². The zero-order valence-electron chi connectivity index (χ0n) is 11.1. The Bertz CT molecular complexity index is 593. The first-order chi connectivity index (χ1) is 9.85. The average molecular weight is 380 g/mol. The summed E-state index contributed by atoms with van der Waals surface area (Å²) in [6.45, 7) is 1.23. The van der Waals surface area contributed by atoms with Crippen molar-refractivity contribution >= 4 is 33.0 Å². The van der Waals surface area contributed by atoms with Gasteiger partial charge in [-0.15, -0.1) is 11.3 Å². The number of halogens is 4. The molecule has 0 saturated carbocycles. The summed E-state index contributed by atoms with van der Waals surface area (Å²) in [5.74, 6) is 0.196. The van der Waals surface area contributed by atoms with E-state index in [4.69, 9.17) is 4.74 Å². The van der Waals surface area contributed by atoms with E-state index < -0.39 is 12.8 Å². The summed E-state index contributed by atoms with van der Waals surface area (Å²) < 4.78 is 42.5. The number of hydrogen-bond donors (Lipinski definition) is 1. The van der Waals surface area contributed by atoms with Gasteiger partial charge in [0.15, 0.2) is 6.61 Å². The van der Waals surface area contributed by atoms with E-state index in [-0.39, 0.29) is 5.75 Å². The van der Waals surface area contributed by atoms with Crippen LogP contribution < -0.4 is 10.1 Å². The van der Waals surface area contributed by atoms with Crippen molar-refractivity contribution in [2.24, 2.45) is 0 Å². The third-order valence-electron chi connectivity index (χ3n) is 2.64. The first kappa shape index (κ1) is 16.2. The highest BCUT2D eigenvalue weighted by atomic mass is 79.9. The first-order valence-corrected chi connectivity index (χ1v) is 7.73. The molecule has 1 aromatic heterocycles. The highest BCUT2D eigenvalue weighted by Gasteiger charge is 2.28. The number of hydrogen-bond acceptors (Lipinski definition) is 3. The maximum Gasteiger partial charge on any atom is 0.422 e. The Morgan fingerprint density at radius 2 is 2.00 bits per heavy atom. The lowest BCUT2D eigenvalue weighted by atomic mass is 10.3. The zero-order valence-corrected chi connectivity index (χ0v) is 13.5. The van der Waals surface area contributed by atoms with Crippen molar-refractivity contribution < 1.29 is 17.9 Å². The number of anilines is 1. The SMILES string of the molecule is Cc1sc(CNc2ccccc2OCC(F)(F)F)cc1Br. The predicted octanol–water partition coefficient (Wildman–Crippen LogP) is 5.37. The van der Waals surface area contributed by atoms with Crippen molar-refractivity contribution in [3.8, 4) is 5.75 Å². The van der Waals surface area contributed by atoms with Gasteiger partial charge in [0, 0.05) is 20.8 Å². The summed E-state index contributed by atoms with van der Waals surface area (Å²) in [4.78, 5) is 2.25. The van der Waals surface area contributed by atoms with Gasteiger partial charge in [0.1, 0.15) is 5.75 Å². The summed E-state index contributed by atoms with van der Waals surface area (Å²) in [5, 5.41) is 3.10. The maximum absolute atomic E-state index is 12.2. The highest BCUT2D eigenvalue weighted by molar-refractivity contribution is 9.10. The molecule has 0 aliphatic heterocycles. The largest absolute Gasteiger partial charge is 0.482 e. The summed E-state index contributed by atoms with van der Waals surface area (Å²) >= 11 is 5.06. The fraction of sp³-hybridized carbons (Fsp3) is 0.286. The average Bonchev–Trinajstić information content (AvgIpc) is 2.73. The van der Waals surface area contributed by atoms with Crippen LogP contribution in [-0.4, -0.2) is 12.8 Å². The van der Waals surface area contributed by atoms with E-state index in [0.29, 0.717) is 12.2 Å². The van der Waals surface area contributed by atoms with Gasteiger partial charge in [-0.2, -0.15) is 13.2 Å². The summed E-state index contributed by atoms with van der Waals surface area (Å²) in [5.41, 5.74) is 0.545. The van der Waals surface area contributed by atoms with Crippen molar-refractivity contribution in [3.63, 3.8) is 0 Å². The second kappa shape index (κ2) is 6.70. The number of ether oxygens (including phenoxy) is 1. The molecule has 0 radical (unpaired) electrons. The standard InChI is InChI=1S/C14H13BrF3NOS/c1-9-11(15)6-10(21-9)7-19-12-4-2-3-5-13(12)20-8-14(16,17)18/h2-6,19H,7-8H2,1H3. The molecule has 0 fully saturated rings. The van der Waals surface area contributed by atoms with Crippen LogP contribution in [0.25, 0.3) is 0 Å². The van der Waals surface area contributed by atoms with Crippen LogP contribution in [-0.2, 0) is 6.54 Å². The molecule has 0 bridgehead atoms. The van der Waals surface area contributed by atoms with Gasteiger partial charge in [-0.3, -0.25) is 0 Å². The molecule has 2 nitrogen and oxygen atoms in total. The quantitative estimate of drug-likeness (QED) is 0.753. The Labute approximate surface area is 133 Å². The smallest absolute Gasteiger partial charge is 0.422 e. The van der Waals surface area contributed by atoms with Gasteiger partial charge in [0.2, 0.25) is 0 Å². The lowest BCUT2D eigenvalue weighted by Gasteiger charge is -2.14. The number of nitrogens with one attached hydrogen (secondary N) is 1. The minimum absolute atomic E-state index is 0.196. The molecule has 21 heavy (non-hydrogen) atoms.